The maximum Gasteiger partial charge on any atom is 0.407 e. The van der Waals surface area contributed by atoms with Crippen LogP contribution in [-0.2, 0) is 14.2 Å². The molecule has 3 fully saturated rings. The van der Waals surface area contributed by atoms with Crippen molar-refractivity contribution in [3.05, 3.63) is 41.4 Å². The Morgan fingerprint density at radius 2 is 2.06 bits per heavy atom. The summed E-state index contributed by atoms with van der Waals surface area (Å²) in [7, 11) is 0. The zero-order chi connectivity index (χ0) is 24.8. The van der Waals surface area contributed by atoms with Gasteiger partial charge in [-0.25, -0.2) is 14.2 Å². The van der Waals surface area contributed by atoms with Crippen LogP contribution in [0.3, 0.4) is 0 Å². The topological polar surface area (TPSA) is 115 Å². The van der Waals surface area contributed by atoms with Gasteiger partial charge in [-0.3, -0.25) is 0 Å². The minimum absolute atomic E-state index is 0.152. The van der Waals surface area contributed by atoms with Crippen molar-refractivity contribution in [2.75, 3.05) is 19.8 Å². The molecular formula is C26H30FN3O6. The number of rotatable bonds is 6. The molecule has 2 saturated heterocycles. The molecule has 2 aliphatic carbocycles. The number of halogens is 1. The Kier molecular flexibility index (Phi) is 6.18. The van der Waals surface area contributed by atoms with Crippen LogP contribution in [0.5, 0.6) is 5.88 Å². The molecule has 4 heterocycles. The number of hydrogen-bond acceptors (Lipinski definition) is 7. The molecule has 3 N–H and O–H groups in total. The van der Waals surface area contributed by atoms with Gasteiger partial charge in [0.1, 0.15) is 24.0 Å². The van der Waals surface area contributed by atoms with Crippen LogP contribution in [-0.4, -0.2) is 71.4 Å². The first kappa shape index (κ1) is 23.4. The number of aliphatic hydroxyl groups is 1. The van der Waals surface area contributed by atoms with E-state index in [1.54, 1.807) is 13.0 Å². The molecule has 4 aliphatic rings. The number of pyridine rings is 1. The molecule has 6 rings (SSSR count). The summed E-state index contributed by atoms with van der Waals surface area (Å²) < 4.78 is 37.2. The van der Waals surface area contributed by atoms with Crippen LogP contribution in [0.1, 0.15) is 38.3 Å². The summed E-state index contributed by atoms with van der Waals surface area (Å²) in [5.41, 5.74) is 3.71. The number of fused-ring (bicyclic) bond motifs is 2. The van der Waals surface area contributed by atoms with E-state index in [-0.39, 0.29) is 42.9 Å². The number of ether oxygens (including phenoxy) is 4. The van der Waals surface area contributed by atoms with Crippen LogP contribution in [0.25, 0.3) is 16.6 Å². The first-order valence-electron chi connectivity index (χ1n) is 12.6. The average Bonchev–Trinajstić information content (AvgIpc) is 3.52. The lowest BCUT2D eigenvalue weighted by Gasteiger charge is -2.38. The Bertz CT molecular complexity index is 1220. The Morgan fingerprint density at radius 1 is 1.22 bits per heavy atom. The van der Waals surface area contributed by atoms with Gasteiger partial charge in [0.15, 0.2) is 17.8 Å². The summed E-state index contributed by atoms with van der Waals surface area (Å²) in [5.74, 6) is 0.514. The third-order valence-corrected chi connectivity index (χ3v) is 7.54. The largest absolute Gasteiger partial charge is 0.470 e. The first-order chi connectivity index (χ1) is 17.5. The van der Waals surface area contributed by atoms with Gasteiger partial charge in [-0.2, -0.15) is 0 Å². The number of aliphatic hydroxyl groups excluding tert-OH is 1. The number of H-pyrrole nitrogens is 1. The Labute approximate surface area is 207 Å². The molecule has 2 aliphatic heterocycles. The van der Waals surface area contributed by atoms with Gasteiger partial charge in [0, 0.05) is 18.2 Å². The normalized spacial score (nSPS) is 31.4. The Hall–Kier alpha value is -2.95. The van der Waals surface area contributed by atoms with E-state index in [1.165, 1.54) is 11.6 Å². The second kappa shape index (κ2) is 9.49. The number of aromatic amines is 1. The molecule has 0 aromatic carbocycles. The van der Waals surface area contributed by atoms with Crippen molar-refractivity contribution in [1.29, 1.82) is 0 Å². The van der Waals surface area contributed by atoms with Gasteiger partial charge in [-0.1, -0.05) is 17.7 Å². The summed E-state index contributed by atoms with van der Waals surface area (Å²) in [4.78, 5) is 19.2. The predicted molar refractivity (Wildman–Crippen MR) is 128 cm³/mol. The number of carbonyl (C=O) groups excluding carboxylic acids is 1. The SMILES string of the molecule is CCOC(=O)NC1CC(C2=CC=C(c3nc4cc(O[C@@H]5CO[C@H]6[C@@H]5OC[C@H]6O)[nH]c4cc3F)CC2)C1. The van der Waals surface area contributed by atoms with Gasteiger partial charge < -0.3 is 34.4 Å². The number of alkyl carbamates (subject to hydrolysis) is 1. The fraction of sp³-hybridized carbons (Fsp3) is 0.538. The summed E-state index contributed by atoms with van der Waals surface area (Å²) in [5, 5.41) is 12.8. The molecule has 36 heavy (non-hydrogen) atoms. The molecule has 1 saturated carbocycles. The molecule has 2 aromatic heterocycles. The third-order valence-electron chi connectivity index (χ3n) is 7.54. The van der Waals surface area contributed by atoms with Crippen LogP contribution in [0.2, 0.25) is 0 Å². The number of allylic oxidation sites excluding steroid dienone is 4. The minimum Gasteiger partial charge on any atom is -0.470 e. The molecule has 0 bridgehead atoms. The molecule has 0 unspecified atom stereocenters. The molecule has 10 heteroatoms. The first-order valence-corrected chi connectivity index (χ1v) is 12.6. The van der Waals surface area contributed by atoms with E-state index in [1.807, 2.05) is 6.08 Å². The molecule has 192 valence electrons. The lowest BCUT2D eigenvalue weighted by Crippen LogP contribution is -2.45. The van der Waals surface area contributed by atoms with Gasteiger partial charge in [0.2, 0.25) is 0 Å². The van der Waals surface area contributed by atoms with Crippen molar-refractivity contribution < 1.29 is 33.2 Å². The van der Waals surface area contributed by atoms with Crippen molar-refractivity contribution in [2.24, 2.45) is 5.92 Å². The van der Waals surface area contributed by atoms with E-state index in [0.29, 0.717) is 48.2 Å². The van der Waals surface area contributed by atoms with E-state index in [0.717, 1.165) is 24.8 Å². The molecular weight excluding hydrogens is 469 g/mol. The van der Waals surface area contributed by atoms with Gasteiger partial charge in [-0.05, 0) is 44.1 Å². The molecule has 9 nitrogen and oxygen atoms in total. The highest BCUT2D eigenvalue weighted by Crippen LogP contribution is 2.40. The quantitative estimate of drug-likeness (QED) is 0.559. The molecule has 4 atom stereocenters. The lowest BCUT2D eigenvalue weighted by molar-refractivity contribution is 0.00794. The van der Waals surface area contributed by atoms with Gasteiger partial charge in [0.25, 0.3) is 0 Å². The zero-order valence-electron chi connectivity index (χ0n) is 20.0. The van der Waals surface area contributed by atoms with Crippen molar-refractivity contribution in [3.8, 4) is 5.88 Å². The van der Waals surface area contributed by atoms with Crippen molar-refractivity contribution >= 4 is 22.7 Å². The van der Waals surface area contributed by atoms with Crippen LogP contribution >= 0.6 is 0 Å². The highest BCUT2D eigenvalue weighted by atomic mass is 19.1. The van der Waals surface area contributed by atoms with Crippen LogP contribution in [0, 0.1) is 11.7 Å². The summed E-state index contributed by atoms with van der Waals surface area (Å²) in [6.07, 6.45) is 5.34. The number of aromatic nitrogens is 2. The average molecular weight is 500 g/mol. The number of nitrogens with zero attached hydrogens (tertiary/aromatic N) is 1. The highest BCUT2D eigenvalue weighted by Gasteiger charge is 2.48. The monoisotopic (exact) mass is 499 g/mol. The van der Waals surface area contributed by atoms with Crippen LogP contribution in [0.15, 0.2) is 29.9 Å². The summed E-state index contributed by atoms with van der Waals surface area (Å²) in [6.45, 7) is 2.70. The Balaban J connectivity index is 1.12. The van der Waals surface area contributed by atoms with E-state index < -0.39 is 6.10 Å². The van der Waals surface area contributed by atoms with E-state index in [2.05, 4.69) is 21.4 Å². The molecule has 0 radical (unpaired) electrons. The second-order valence-corrected chi connectivity index (χ2v) is 9.87. The number of carbonyl (C=O) groups is 1. The highest BCUT2D eigenvalue weighted by molar-refractivity contribution is 5.80. The Morgan fingerprint density at radius 3 is 2.83 bits per heavy atom. The van der Waals surface area contributed by atoms with Gasteiger partial charge in [-0.15, -0.1) is 0 Å². The smallest absolute Gasteiger partial charge is 0.407 e. The molecule has 1 amide bonds. The zero-order valence-corrected chi connectivity index (χ0v) is 20.0. The van der Waals surface area contributed by atoms with Gasteiger partial charge >= 0.3 is 6.09 Å². The maximum atomic E-state index is 15.0. The van der Waals surface area contributed by atoms with Crippen LogP contribution < -0.4 is 10.1 Å². The minimum atomic E-state index is -0.644. The molecule has 0 spiro atoms. The van der Waals surface area contributed by atoms with Crippen LogP contribution in [0.4, 0.5) is 9.18 Å². The number of nitrogens with one attached hydrogen (secondary N) is 2. The second-order valence-electron chi connectivity index (χ2n) is 9.87. The number of hydrogen-bond donors (Lipinski definition) is 3. The van der Waals surface area contributed by atoms with E-state index in [9.17, 15) is 9.90 Å². The summed E-state index contributed by atoms with van der Waals surface area (Å²) >= 11 is 0. The fourth-order valence-electron chi connectivity index (χ4n) is 5.57. The standard InChI is InChI=1S/C26H30FN3O6/c1-2-33-26(32)28-16-7-15(8-16)13-3-5-14(6-4-13)23-17(27)9-18-19(30-23)10-22(29-18)36-21-12-35-24-20(31)11-34-25(21)24/h3,5,9-10,15-16,20-21,24-25,29,31H,2,4,6-8,11-12H2,1H3,(H,28,32)/t15?,16?,20-,21-,24-,25-/m1/s1. The van der Waals surface area contributed by atoms with Crippen molar-refractivity contribution in [1.82, 2.24) is 15.3 Å². The van der Waals surface area contributed by atoms with E-state index >= 15 is 4.39 Å². The van der Waals surface area contributed by atoms with E-state index in [4.69, 9.17) is 18.9 Å². The van der Waals surface area contributed by atoms with Gasteiger partial charge in [0.05, 0.1) is 30.9 Å². The summed E-state index contributed by atoms with van der Waals surface area (Å²) in [6, 6.07) is 3.36. The van der Waals surface area contributed by atoms with Crippen molar-refractivity contribution in [2.45, 2.75) is 63.1 Å². The third kappa shape index (κ3) is 4.38. The maximum absolute atomic E-state index is 15.0. The fourth-order valence-corrected chi connectivity index (χ4v) is 5.57. The number of amides is 1. The predicted octanol–water partition coefficient (Wildman–Crippen LogP) is 3.24. The lowest BCUT2D eigenvalue weighted by atomic mass is 9.72. The molecule has 2 aromatic rings. The van der Waals surface area contributed by atoms with Crippen molar-refractivity contribution in [3.63, 3.8) is 0 Å².